The van der Waals surface area contributed by atoms with Gasteiger partial charge in [0.05, 0.1) is 25.7 Å². The molecule has 0 aromatic carbocycles. The van der Waals surface area contributed by atoms with Crippen molar-refractivity contribution in [2.75, 3.05) is 46.1 Å². The highest BCUT2D eigenvalue weighted by molar-refractivity contribution is 5.79. The Balaban J connectivity index is 1.68. The Labute approximate surface area is 102 Å². The van der Waals surface area contributed by atoms with Crippen LogP contribution in [0.1, 0.15) is 13.3 Å². The topological polar surface area (TPSA) is 50.8 Å². The van der Waals surface area contributed by atoms with Crippen LogP contribution < -0.4 is 5.32 Å². The molecular formula is C12H22N2O3. The Hall–Kier alpha value is -0.650. The number of nitrogens with zero attached hydrogens (tertiary/aromatic N) is 1. The van der Waals surface area contributed by atoms with Crippen LogP contribution in [0.3, 0.4) is 0 Å². The van der Waals surface area contributed by atoms with Gasteiger partial charge in [-0.3, -0.25) is 9.69 Å². The standard InChI is InChI=1S/C12H22N2O3/c1-10(8-14-3-6-16-7-4-14)13-12(15)11-2-5-17-9-11/h10-11H,2-9H2,1H3,(H,13,15). The van der Waals surface area contributed by atoms with Gasteiger partial charge < -0.3 is 14.8 Å². The van der Waals surface area contributed by atoms with Gasteiger partial charge in [-0.1, -0.05) is 0 Å². The molecule has 0 spiro atoms. The highest BCUT2D eigenvalue weighted by Crippen LogP contribution is 2.12. The number of morpholine rings is 1. The molecule has 2 heterocycles. The maximum absolute atomic E-state index is 11.9. The molecule has 17 heavy (non-hydrogen) atoms. The van der Waals surface area contributed by atoms with E-state index < -0.39 is 0 Å². The normalized spacial score (nSPS) is 27.9. The third kappa shape index (κ3) is 3.94. The van der Waals surface area contributed by atoms with Crippen molar-refractivity contribution in [1.82, 2.24) is 10.2 Å². The van der Waals surface area contributed by atoms with Crippen LogP contribution in [0.5, 0.6) is 0 Å². The van der Waals surface area contributed by atoms with Gasteiger partial charge in [-0.2, -0.15) is 0 Å². The lowest BCUT2D eigenvalue weighted by Gasteiger charge is -2.29. The largest absolute Gasteiger partial charge is 0.381 e. The van der Waals surface area contributed by atoms with Gasteiger partial charge in [0.25, 0.3) is 0 Å². The summed E-state index contributed by atoms with van der Waals surface area (Å²) in [5.41, 5.74) is 0. The number of ether oxygens (including phenoxy) is 2. The van der Waals surface area contributed by atoms with Gasteiger partial charge in [-0.25, -0.2) is 0 Å². The van der Waals surface area contributed by atoms with E-state index in [1.54, 1.807) is 0 Å². The average Bonchev–Trinajstić information content (AvgIpc) is 2.83. The number of carbonyl (C=O) groups is 1. The molecule has 0 radical (unpaired) electrons. The van der Waals surface area contributed by atoms with Crippen LogP contribution >= 0.6 is 0 Å². The first-order valence-electron chi connectivity index (χ1n) is 6.44. The molecule has 2 aliphatic rings. The first-order chi connectivity index (χ1) is 8.25. The van der Waals surface area contributed by atoms with Crippen molar-refractivity contribution < 1.29 is 14.3 Å². The number of hydrogen-bond acceptors (Lipinski definition) is 4. The van der Waals surface area contributed by atoms with Gasteiger partial charge in [0.15, 0.2) is 0 Å². The summed E-state index contributed by atoms with van der Waals surface area (Å²) < 4.78 is 10.5. The number of nitrogens with one attached hydrogen (secondary N) is 1. The number of carbonyl (C=O) groups excluding carboxylic acids is 1. The van der Waals surface area contributed by atoms with Crippen LogP contribution in [0.2, 0.25) is 0 Å². The smallest absolute Gasteiger partial charge is 0.225 e. The highest BCUT2D eigenvalue weighted by Gasteiger charge is 2.25. The van der Waals surface area contributed by atoms with Crippen LogP contribution in [0.15, 0.2) is 0 Å². The maximum atomic E-state index is 11.9. The minimum absolute atomic E-state index is 0.0575. The molecule has 0 aromatic rings. The molecule has 2 aliphatic heterocycles. The van der Waals surface area contributed by atoms with E-state index in [-0.39, 0.29) is 17.9 Å². The van der Waals surface area contributed by atoms with Crippen molar-refractivity contribution >= 4 is 5.91 Å². The summed E-state index contributed by atoms with van der Waals surface area (Å²) in [6.45, 7) is 7.80. The van der Waals surface area contributed by atoms with Gasteiger partial charge in [0.2, 0.25) is 5.91 Å². The van der Waals surface area contributed by atoms with E-state index in [1.807, 2.05) is 0 Å². The molecular weight excluding hydrogens is 220 g/mol. The van der Waals surface area contributed by atoms with Crippen molar-refractivity contribution in [2.45, 2.75) is 19.4 Å². The third-order valence-corrected chi connectivity index (χ3v) is 3.32. The van der Waals surface area contributed by atoms with E-state index in [0.29, 0.717) is 6.61 Å². The average molecular weight is 242 g/mol. The number of hydrogen-bond donors (Lipinski definition) is 1. The molecule has 0 bridgehead atoms. The fourth-order valence-electron chi connectivity index (χ4n) is 2.32. The van der Waals surface area contributed by atoms with Gasteiger partial charge in [-0.05, 0) is 13.3 Å². The zero-order chi connectivity index (χ0) is 12.1. The Kier molecular flexibility index (Phi) is 4.76. The monoisotopic (exact) mass is 242 g/mol. The molecule has 0 aromatic heterocycles. The SMILES string of the molecule is CC(CN1CCOCC1)NC(=O)C1CCOC1. The van der Waals surface area contributed by atoms with Crippen molar-refractivity contribution in [2.24, 2.45) is 5.92 Å². The lowest BCUT2D eigenvalue weighted by molar-refractivity contribution is -0.125. The lowest BCUT2D eigenvalue weighted by atomic mass is 10.1. The van der Waals surface area contributed by atoms with E-state index in [9.17, 15) is 4.79 Å². The summed E-state index contributed by atoms with van der Waals surface area (Å²) in [6.07, 6.45) is 0.857. The van der Waals surface area contributed by atoms with E-state index in [2.05, 4.69) is 17.1 Å². The van der Waals surface area contributed by atoms with Gasteiger partial charge in [0, 0.05) is 32.3 Å². The Morgan fingerprint density at radius 2 is 2.12 bits per heavy atom. The molecule has 2 atom stereocenters. The molecule has 2 rings (SSSR count). The van der Waals surface area contributed by atoms with Crippen molar-refractivity contribution in [1.29, 1.82) is 0 Å². The molecule has 2 unspecified atom stereocenters. The molecule has 98 valence electrons. The molecule has 0 aliphatic carbocycles. The molecule has 5 nitrogen and oxygen atoms in total. The summed E-state index contributed by atoms with van der Waals surface area (Å²) in [5.74, 6) is 0.199. The first-order valence-corrected chi connectivity index (χ1v) is 6.44. The summed E-state index contributed by atoms with van der Waals surface area (Å²) >= 11 is 0. The summed E-state index contributed by atoms with van der Waals surface area (Å²) in [7, 11) is 0. The summed E-state index contributed by atoms with van der Waals surface area (Å²) in [5, 5.41) is 3.07. The molecule has 2 fully saturated rings. The van der Waals surface area contributed by atoms with Crippen LogP contribution in [0.4, 0.5) is 0 Å². The van der Waals surface area contributed by atoms with Crippen LogP contribution in [0.25, 0.3) is 0 Å². The van der Waals surface area contributed by atoms with Crippen LogP contribution in [0, 0.1) is 5.92 Å². The molecule has 5 heteroatoms. The molecule has 0 saturated carbocycles. The Morgan fingerprint density at radius 3 is 2.76 bits per heavy atom. The third-order valence-electron chi connectivity index (χ3n) is 3.32. The predicted molar refractivity (Wildman–Crippen MR) is 63.8 cm³/mol. The minimum Gasteiger partial charge on any atom is -0.381 e. The zero-order valence-corrected chi connectivity index (χ0v) is 10.5. The van der Waals surface area contributed by atoms with Gasteiger partial charge in [-0.15, -0.1) is 0 Å². The van der Waals surface area contributed by atoms with E-state index in [0.717, 1.165) is 45.9 Å². The van der Waals surface area contributed by atoms with Crippen molar-refractivity contribution in [3.05, 3.63) is 0 Å². The van der Waals surface area contributed by atoms with Crippen molar-refractivity contribution in [3.8, 4) is 0 Å². The van der Waals surface area contributed by atoms with Crippen molar-refractivity contribution in [3.63, 3.8) is 0 Å². The fourth-order valence-corrected chi connectivity index (χ4v) is 2.32. The second kappa shape index (κ2) is 6.33. The fraction of sp³-hybridized carbons (Fsp3) is 0.917. The highest BCUT2D eigenvalue weighted by atomic mass is 16.5. The lowest BCUT2D eigenvalue weighted by Crippen LogP contribution is -2.47. The van der Waals surface area contributed by atoms with E-state index in [4.69, 9.17) is 9.47 Å². The molecule has 2 saturated heterocycles. The molecule has 1 amide bonds. The first kappa shape index (κ1) is 12.8. The maximum Gasteiger partial charge on any atom is 0.225 e. The molecule has 1 N–H and O–H groups in total. The quantitative estimate of drug-likeness (QED) is 0.745. The summed E-state index contributed by atoms with van der Waals surface area (Å²) in [4.78, 5) is 14.2. The van der Waals surface area contributed by atoms with Gasteiger partial charge >= 0.3 is 0 Å². The minimum atomic E-state index is 0.0575. The number of amides is 1. The van der Waals surface area contributed by atoms with Crippen LogP contribution in [-0.2, 0) is 14.3 Å². The van der Waals surface area contributed by atoms with Gasteiger partial charge in [0.1, 0.15) is 0 Å². The Morgan fingerprint density at radius 1 is 1.35 bits per heavy atom. The zero-order valence-electron chi connectivity index (χ0n) is 10.5. The second-order valence-corrected chi connectivity index (χ2v) is 4.88. The second-order valence-electron chi connectivity index (χ2n) is 4.88. The predicted octanol–water partition coefficient (Wildman–Crippen LogP) is -0.140. The Bertz CT molecular complexity index is 248. The van der Waals surface area contributed by atoms with E-state index in [1.165, 1.54) is 0 Å². The van der Waals surface area contributed by atoms with Crippen LogP contribution in [-0.4, -0.2) is 62.9 Å². The van der Waals surface area contributed by atoms with E-state index >= 15 is 0 Å². The summed E-state index contributed by atoms with van der Waals surface area (Å²) in [6, 6.07) is 0.196. The number of rotatable bonds is 4.